The highest BCUT2D eigenvalue weighted by Gasteiger charge is 2.43. The minimum absolute atomic E-state index is 0.0489. The predicted octanol–water partition coefficient (Wildman–Crippen LogP) is 6.82. The van der Waals surface area contributed by atoms with Crippen LogP contribution in [0.5, 0.6) is 0 Å². The third-order valence-corrected chi connectivity index (χ3v) is 15.5. The van der Waals surface area contributed by atoms with E-state index in [1.165, 1.54) is 21.6 Å². The number of allylic oxidation sites excluding steroid dienone is 7. The van der Waals surface area contributed by atoms with Crippen LogP contribution in [-0.4, -0.2) is 91.5 Å². The van der Waals surface area contributed by atoms with Gasteiger partial charge in [0.1, 0.15) is 6.54 Å². The van der Waals surface area contributed by atoms with Gasteiger partial charge < -0.3 is 14.9 Å². The Morgan fingerprint density at radius 1 is 0.622 bits per heavy atom. The van der Waals surface area contributed by atoms with Crippen LogP contribution in [0.4, 0.5) is 5.69 Å². The average molecular weight is 999 g/mol. The zero-order chi connectivity index (χ0) is 52.9. The van der Waals surface area contributed by atoms with Gasteiger partial charge in [-0.1, -0.05) is 77.8 Å². The van der Waals surface area contributed by atoms with Crippen LogP contribution in [0.2, 0.25) is 0 Å². The molecule has 2 aromatic heterocycles. The first-order chi connectivity index (χ1) is 35.6. The second-order valence-corrected chi connectivity index (χ2v) is 19.6. The van der Waals surface area contributed by atoms with Crippen molar-refractivity contribution < 1.29 is 28.9 Å². The molecule has 4 heterocycles. The molecule has 0 radical (unpaired) electrons. The number of Topliss-reactive ketones (excluding diaryl/α,β-unsaturated/α-hetero) is 1. The van der Waals surface area contributed by atoms with E-state index in [1.54, 1.807) is 53.5 Å². The molecule has 2 unspecified atom stereocenters. The first-order valence-electron chi connectivity index (χ1n) is 26.2. The van der Waals surface area contributed by atoms with E-state index in [2.05, 4.69) is 18.1 Å². The van der Waals surface area contributed by atoms with Gasteiger partial charge in [0.05, 0.1) is 44.8 Å². The summed E-state index contributed by atoms with van der Waals surface area (Å²) in [5.41, 5.74) is 2.73. The SMILES string of the molecule is C=C1c2cc3c(cc2C(=O)N1CC[N+](CC)=C1C=CC(=C2C(=O)C(c4ccc(N(CC)CCn5c(=O)c6cc7c(=O)n(C(CC)CCCC)c(=O)c7cc6c5=O)cc4)=C2[O-])C=C1)C(=O)N(C(CC)CCCC)C3=O. The number of unbranched alkanes of at least 4 members (excludes halogenated alkanes) is 2. The molecule has 4 aliphatic rings. The van der Waals surface area contributed by atoms with E-state index in [0.717, 1.165) is 48.1 Å². The van der Waals surface area contributed by atoms with Crippen molar-refractivity contribution >= 4 is 67.7 Å². The monoisotopic (exact) mass is 998 g/mol. The number of carbonyl (C=O) groups excluding carboxylic acids is 4. The lowest BCUT2D eigenvalue weighted by Crippen LogP contribution is -2.39. The Hall–Kier alpha value is -7.81. The molecular weight excluding hydrogens is 937 g/mol. The standard InChI is InChI=1S/C59H62N6O9/c1-8-14-16-37(10-3)64-56(71)45-30-41-34(7)62(53(68)42(41)31-46(45)57(64)72)28-26-60(12-5)39-22-18-35(19-23-39)49-51(66)50(52(49)67)36-20-24-40(25-21-36)61(13-6)27-29-63-54(69)43-32-47-48(33-44(43)55(63)70)59(74)65(58(47)73)38(11-4)17-15-9-2/h18-25,30-33,37-38H,7-17,26-29H2,1-6H3. The molecule has 3 amide bonds. The van der Waals surface area contributed by atoms with Crippen molar-refractivity contribution in [3.05, 3.63) is 166 Å². The molecule has 5 aromatic rings. The number of carbonyl (C=O) groups is 4. The van der Waals surface area contributed by atoms with Gasteiger partial charge in [0.25, 0.3) is 40.0 Å². The fraction of sp³-hybridized carbons (Fsp3) is 0.373. The van der Waals surface area contributed by atoms with E-state index >= 15 is 0 Å². The zero-order valence-electron chi connectivity index (χ0n) is 43.0. The molecule has 0 saturated carbocycles. The quantitative estimate of drug-likeness (QED) is 0.0456. The van der Waals surface area contributed by atoms with E-state index in [-0.39, 0.29) is 99.2 Å². The van der Waals surface area contributed by atoms with Gasteiger partial charge in [-0.2, -0.15) is 0 Å². The number of likely N-dealkylation sites (N-methyl/N-ethyl adjacent to an activating group) is 2. The number of nitrogens with zero attached hydrogens (tertiary/aromatic N) is 6. The number of rotatable bonds is 20. The third-order valence-electron chi connectivity index (χ3n) is 15.5. The molecule has 2 atom stereocenters. The Balaban J connectivity index is 0.851. The molecule has 0 bridgehead atoms. The van der Waals surface area contributed by atoms with Crippen LogP contribution < -0.4 is 32.2 Å². The molecule has 15 nitrogen and oxygen atoms in total. The number of anilines is 1. The fourth-order valence-corrected chi connectivity index (χ4v) is 11.2. The molecule has 3 aromatic carbocycles. The number of imide groups is 1. The highest BCUT2D eigenvalue weighted by Crippen LogP contribution is 2.39. The van der Waals surface area contributed by atoms with Gasteiger partial charge in [-0.05, 0) is 99.2 Å². The van der Waals surface area contributed by atoms with Crippen LogP contribution >= 0.6 is 0 Å². The van der Waals surface area contributed by atoms with E-state index in [1.807, 2.05) is 51.7 Å². The lowest BCUT2D eigenvalue weighted by Gasteiger charge is -2.32. The molecule has 0 spiro atoms. The summed E-state index contributed by atoms with van der Waals surface area (Å²) in [4.78, 5) is 114. The topological polar surface area (TPSA) is 182 Å². The Morgan fingerprint density at radius 3 is 1.69 bits per heavy atom. The van der Waals surface area contributed by atoms with Crippen molar-refractivity contribution in [2.75, 3.05) is 37.6 Å². The van der Waals surface area contributed by atoms with Crippen LogP contribution in [0.15, 0.2) is 115 Å². The number of fused-ring (bicyclic) bond motifs is 4. The first kappa shape index (κ1) is 51.1. The molecule has 2 aliphatic carbocycles. The predicted molar refractivity (Wildman–Crippen MR) is 287 cm³/mol. The number of amides is 3. The summed E-state index contributed by atoms with van der Waals surface area (Å²) < 4.78 is 4.49. The summed E-state index contributed by atoms with van der Waals surface area (Å²) in [6.07, 6.45) is 13.5. The largest absolute Gasteiger partial charge is 0.871 e. The van der Waals surface area contributed by atoms with Crippen molar-refractivity contribution in [2.24, 2.45) is 0 Å². The smallest absolute Gasteiger partial charge is 0.261 e. The fourth-order valence-electron chi connectivity index (χ4n) is 11.2. The van der Waals surface area contributed by atoms with E-state index < -0.39 is 22.2 Å². The summed E-state index contributed by atoms with van der Waals surface area (Å²) in [5.74, 6) is -1.70. The Labute approximate surface area is 428 Å². The third kappa shape index (κ3) is 8.45. The van der Waals surface area contributed by atoms with Gasteiger partial charge in [0, 0.05) is 72.0 Å². The van der Waals surface area contributed by atoms with Crippen molar-refractivity contribution in [3.8, 4) is 0 Å². The maximum absolute atomic E-state index is 13.8. The molecule has 15 heteroatoms. The van der Waals surface area contributed by atoms with Crippen LogP contribution in [0.1, 0.15) is 141 Å². The van der Waals surface area contributed by atoms with Crippen LogP contribution in [-0.2, 0) is 11.3 Å². The summed E-state index contributed by atoms with van der Waals surface area (Å²) in [5, 5.41) is 14.1. The first-order valence-corrected chi connectivity index (χ1v) is 26.2. The second-order valence-electron chi connectivity index (χ2n) is 19.6. The summed E-state index contributed by atoms with van der Waals surface area (Å²) >= 11 is 0. The average Bonchev–Trinajstić information content (AvgIpc) is 3.99. The van der Waals surface area contributed by atoms with Gasteiger partial charge >= 0.3 is 0 Å². The summed E-state index contributed by atoms with van der Waals surface area (Å²) in [6.45, 7) is 18.3. The molecule has 2 aliphatic heterocycles. The molecule has 0 N–H and O–H groups in total. The second kappa shape index (κ2) is 20.6. The summed E-state index contributed by atoms with van der Waals surface area (Å²) in [7, 11) is 0. The summed E-state index contributed by atoms with van der Waals surface area (Å²) in [6, 6.07) is 12.6. The van der Waals surface area contributed by atoms with Crippen molar-refractivity contribution in [2.45, 2.75) is 112 Å². The van der Waals surface area contributed by atoms with Crippen LogP contribution in [0.25, 0.3) is 32.8 Å². The van der Waals surface area contributed by atoms with E-state index in [4.69, 9.17) is 0 Å². The molecule has 9 rings (SSSR count). The minimum atomic E-state index is -0.522. The molecule has 0 fully saturated rings. The molecule has 74 heavy (non-hydrogen) atoms. The number of benzene rings is 3. The molecule has 382 valence electrons. The van der Waals surface area contributed by atoms with Gasteiger partial charge in [-0.15, -0.1) is 0 Å². The lowest BCUT2D eigenvalue weighted by atomic mass is 9.80. The maximum atomic E-state index is 13.8. The van der Waals surface area contributed by atoms with Gasteiger partial charge in [0.2, 0.25) is 0 Å². The normalized spacial score (nSPS) is 16.2. The maximum Gasteiger partial charge on any atom is 0.261 e. The lowest BCUT2D eigenvalue weighted by molar-refractivity contribution is -0.522. The van der Waals surface area contributed by atoms with Crippen molar-refractivity contribution in [1.29, 1.82) is 0 Å². The zero-order valence-corrected chi connectivity index (χ0v) is 43.0. The Morgan fingerprint density at radius 2 is 1.16 bits per heavy atom. The Kier molecular flexibility index (Phi) is 14.2. The highest BCUT2D eigenvalue weighted by molar-refractivity contribution is 6.39. The van der Waals surface area contributed by atoms with E-state index in [9.17, 15) is 43.5 Å². The number of hydrogen-bond acceptors (Lipinski definition) is 10. The van der Waals surface area contributed by atoms with Crippen molar-refractivity contribution in [3.63, 3.8) is 0 Å². The molecule has 0 saturated heterocycles. The highest BCUT2D eigenvalue weighted by atomic mass is 16.3. The van der Waals surface area contributed by atoms with Crippen LogP contribution in [0.3, 0.4) is 0 Å². The Bertz CT molecular complexity index is 3440. The molecular formula is C59H62N6O9. The number of aromatic nitrogens is 2. The van der Waals surface area contributed by atoms with E-state index in [0.29, 0.717) is 72.4 Å². The number of ketones is 1. The van der Waals surface area contributed by atoms with Gasteiger partial charge in [-0.3, -0.25) is 52.4 Å². The van der Waals surface area contributed by atoms with Crippen molar-refractivity contribution in [1.82, 2.24) is 18.9 Å². The minimum Gasteiger partial charge on any atom is -0.871 e. The van der Waals surface area contributed by atoms with Gasteiger partial charge in [0.15, 0.2) is 18.0 Å². The van der Waals surface area contributed by atoms with Gasteiger partial charge in [-0.25, -0.2) is 4.58 Å². The number of hydrogen-bond donors (Lipinski definition) is 0. The van der Waals surface area contributed by atoms with Crippen LogP contribution in [0, 0.1) is 0 Å².